The Hall–Kier alpha value is -3.04. The van der Waals surface area contributed by atoms with Crippen LogP contribution in [-0.4, -0.2) is 41.2 Å². The lowest BCUT2D eigenvalue weighted by molar-refractivity contribution is 0.0953. The lowest BCUT2D eigenvalue weighted by Crippen LogP contribution is -2.31. The van der Waals surface area contributed by atoms with Gasteiger partial charge in [0.1, 0.15) is 11.0 Å². The molecule has 0 radical (unpaired) electrons. The summed E-state index contributed by atoms with van der Waals surface area (Å²) in [4.78, 5) is 13.7. The Morgan fingerprint density at radius 1 is 1.00 bits per heavy atom. The second kappa shape index (κ2) is 11.2. The zero-order chi connectivity index (χ0) is 23.8. The van der Waals surface area contributed by atoms with Gasteiger partial charge in [0, 0.05) is 17.0 Å². The lowest BCUT2D eigenvalue weighted by atomic mass is 10.2. The van der Waals surface area contributed by atoms with E-state index < -0.39 is 21.0 Å². The van der Waals surface area contributed by atoms with Gasteiger partial charge in [0.25, 0.3) is 5.91 Å². The number of benzene rings is 2. The van der Waals surface area contributed by atoms with Crippen LogP contribution in [0.4, 0.5) is 0 Å². The van der Waals surface area contributed by atoms with Gasteiger partial charge < -0.3 is 19.5 Å². The Morgan fingerprint density at radius 2 is 1.70 bits per heavy atom. The fourth-order valence-electron chi connectivity index (χ4n) is 3.25. The summed E-state index contributed by atoms with van der Waals surface area (Å²) in [6.45, 7) is 4.52. The van der Waals surface area contributed by atoms with E-state index in [1.807, 2.05) is 19.2 Å². The van der Waals surface area contributed by atoms with Crippen molar-refractivity contribution in [1.29, 1.82) is 0 Å². The standard InChI is InChI=1S/C24H27NO6S2/c1-4-30-20-13-8-17(15-21(20)31-5-2)24(26)25-16-23(22-7-6-14-32-22)33(27,28)19-11-9-18(29-3)10-12-19/h6-15,23H,4-5,16H2,1-3H3,(H,25,26). The third-order valence-corrected chi connectivity index (χ3v) is 8.11. The molecular weight excluding hydrogens is 462 g/mol. The number of carbonyl (C=O) groups excluding carboxylic acids is 1. The number of thiophene rings is 1. The van der Waals surface area contributed by atoms with Crippen LogP contribution in [0.15, 0.2) is 64.9 Å². The maximum Gasteiger partial charge on any atom is 0.251 e. The molecule has 7 nitrogen and oxygen atoms in total. The summed E-state index contributed by atoms with van der Waals surface area (Å²) in [7, 11) is -2.24. The highest BCUT2D eigenvalue weighted by atomic mass is 32.2. The maximum absolute atomic E-state index is 13.4. The minimum absolute atomic E-state index is 0.0785. The smallest absolute Gasteiger partial charge is 0.251 e. The van der Waals surface area contributed by atoms with Gasteiger partial charge in [-0.25, -0.2) is 8.42 Å². The van der Waals surface area contributed by atoms with Gasteiger partial charge >= 0.3 is 0 Å². The van der Waals surface area contributed by atoms with Gasteiger partial charge in [0.05, 0.1) is 25.2 Å². The number of sulfone groups is 1. The van der Waals surface area contributed by atoms with Gasteiger partial charge in [-0.2, -0.15) is 0 Å². The monoisotopic (exact) mass is 489 g/mol. The molecule has 0 aliphatic heterocycles. The highest BCUT2D eigenvalue weighted by molar-refractivity contribution is 7.91. The molecule has 1 amide bonds. The van der Waals surface area contributed by atoms with Crippen LogP contribution in [0.25, 0.3) is 0 Å². The number of ether oxygens (including phenoxy) is 3. The summed E-state index contributed by atoms with van der Waals surface area (Å²) in [6.07, 6.45) is 0. The molecule has 33 heavy (non-hydrogen) atoms. The molecule has 0 aliphatic carbocycles. The van der Waals surface area contributed by atoms with E-state index in [9.17, 15) is 13.2 Å². The van der Waals surface area contributed by atoms with Crippen molar-refractivity contribution in [2.75, 3.05) is 26.9 Å². The van der Waals surface area contributed by atoms with E-state index >= 15 is 0 Å². The molecule has 1 unspecified atom stereocenters. The summed E-state index contributed by atoms with van der Waals surface area (Å²) < 4.78 is 43.1. The van der Waals surface area contributed by atoms with E-state index in [0.717, 1.165) is 0 Å². The summed E-state index contributed by atoms with van der Waals surface area (Å²) in [6, 6.07) is 14.7. The number of hydrogen-bond acceptors (Lipinski definition) is 7. The Balaban J connectivity index is 1.83. The molecule has 3 rings (SSSR count). The number of carbonyl (C=O) groups is 1. The van der Waals surface area contributed by atoms with Gasteiger partial charge in [-0.1, -0.05) is 6.07 Å². The van der Waals surface area contributed by atoms with Crippen LogP contribution >= 0.6 is 11.3 Å². The molecule has 0 bridgehead atoms. The van der Waals surface area contributed by atoms with E-state index in [0.29, 0.717) is 40.9 Å². The molecule has 0 saturated heterocycles. The minimum atomic E-state index is -3.76. The fraction of sp³-hybridized carbons (Fsp3) is 0.292. The number of nitrogens with one attached hydrogen (secondary N) is 1. The van der Waals surface area contributed by atoms with Gasteiger partial charge in [-0.15, -0.1) is 11.3 Å². The molecule has 1 heterocycles. The summed E-state index contributed by atoms with van der Waals surface area (Å²) in [5, 5.41) is 3.66. The van der Waals surface area contributed by atoms with Crippen LogP contribution in [0.5, 0.6) is 17.2 Å². The zero-order valence-corrected chi connectivity index (χ0v) is 20.4. The van der Waals surface area contributed by atoms with E-state index in [1.54, 1.807) is 42.5 Å². The van der Waals surface area contributed by atoms with Crippen LogP contribution in [0, 0.1) is 0 Å². The average molecular weight is 490 g/mol. The molecule has 1 aromatic heterocycles. The van der Waals surface area contributed by atoms with Crippen LogP contribution in [0.2, 0.25) is 0 Å². The number of hydrogen-bond donors (Lipinski definition) is 1. The van der Waals surface area contributed by atoms with Gasteiger partial charge in [-0.05, 0) is 67.8 Å². The van der Waals surface area contributed by atoms with E-state index in [4.69, 9.17) is 14.2 Å². The second-order valence-corrected chi connectivity index (χ2v) is 10.1. The predicted molar refractivity (Wildman–Crippen MR) is 128 cm³/mol. The van der Waals surface area contributed by atoms with Gasteiger partial charge in [0.15, 0.2) is 21.3 Å². The Bertz CT molecular complexity index is 1160. The Morgan fingerprint density at radius 3 is 2.30 bits per heavy atom. The average Bonchev–Trinajstić information content (AvgIpc) is 3.35. The van der Waals surface area contributed by atoms with Crippen molar-refractivity contribution in [3.8, 4) is 17.2 Å². The Labute approximate surface area is 198 Å². The highest BCUT2D eigenvalue weighted by Gasteiger charge is 2.30. The van der Waals surface area contributed by atoms with Crippen LogP contribution in [-0.2, 0) is 9.84 Å². The molecule has 176 valence electrons. The first kappa shape index (κ1) is 24.6. The molecule has 1 N–H and O–H groups in total. The molecule has 9 heteroatoms. The Kier molecular flexibility index (Phi) is 8.35. The fourth-order valence-corrected chi connectivity index (χ4v) is 6.03. The topological polar surface area (TPSA) is 90.9 Å². The molecule has 0 spiro atoms. The van der Waals surface area contributed by atoms with Crippen LogP contribution in [0.1, 0.15) is 34.3 Å². The van der Waals surface area contributed by atoms with Gasteiger partial charge in [0.2, 0.25) is 0 Å². The SMILES string of the molecule is CCOc1ccc(C(=O)NCC(c2cccs2)S(=O)(=O)c2ccc(OC)cc2)cc1OCC. The highest BCUT2D eigenvalue weighted by Crippen LogP contribution is 2.33. The summed E-state index contributed by atoms with van der Waals surface area (Å²) in [5.74, 6) is 1.18. The predicted octanol–water partition coefficient (Wildman–Crippen LogP) is 4.50. The summed E-state index contributed by atoms with van der Waals surface area (Å²) in [5.41, 5.74) is 0.355. The zero-order valence-electron chi connectivity index (χ0n) is 18.7. The quantitative estimate of drug-likeness (QED) is 0.427. The van der Waals surface area contributed by atoms with Crippen molar-refractivity contribution in [3.05, 3.63) is 70.4 Å². The van der Waals surface area contributed by atoms with Crippen molar-refractivity contribution in [2.45, 2.75) is 24.0 Å². The lowest BCUT2D eigenvalue weighted by Gasteiger charge is -2.18. The maximum atomic E-state index is 13.4. The normalized spacial score (nSPS) is 12.1. The van der Waals surface area contributed by atoms with E-state index in [-0.39, 0.29) is 11.4 Å². The van der Waals surface area contributed by atoms with E-state index in [2.05, 4.69) is 5.32 Å². The van der Waals surface area contributed by atoms with E-state index in [1.165, 1.54) is 30.6 Å². The minimum Gasteiger partial charge on any atom is -0.497 e. The molecule has 1 atom stereocenters. The van der Waals surface area contributed by atoms with Crippen molar-refractivity contribution in [3.63, 3.8) is 0 Å². The van der Waals surface area contributed by atoms with Crippen molar-refractivity contribution in [1.82, 2.24) is 5.32 Å². The second-order valence-electron chi connectivity index (χ2n) is 6.96. The van der Waals surface area contributed by atoms with Crippen molar-refractivity contribution in [2.24, 2.45) is 0 Å². The first-order valence-electron chi connectivity index (χ1n) is 10.5. The number of amides is 1. The molecule has 0 saturated carbocycles. The molecule has 0 fully saturated rings. The van der Waals surface area contributed by atoms with Crippen LogP contribution < -0.4 is 19.5 Å². The molecule has 0 aliphatic rings. The third kappa shape index (κ3) is 5.85. The molecular formula is C24H27NO6S2. The van der Waals surface area contributed by atoms with Crippen LogP contribution in [0.3, 0.4) is 0 Å². The number of methoxy groups -OCH3 is 1. The largest absolute Gasteiger partial charge is 0.497 e. The summed E-state index contributed by atoms with van der Waals surface area (Å²) >= 11 is 1.33. The van der Waals surface area contributed by atoms with Gasteiger partial charge in [-0.3, -0.25) is 4.79 Å². The van der Waals surface area contributed by atoms with Crippen molar-refractivity contribution >= 4 is 27.1 Å². The molecule has 2 aromatic carbocycles. The molecule has 3 aromatic rings. The van der Waals surface area contributed by atoms with Crippen molar-refractivity contribution < 1.29 is 27.4 Å². The number of rotatable bonds is 11. The first-order valence-corrected chi connectivity index (χ1v) is 12.9. The third-order valence-electron chi connectivity index (χ3n) is 4.88. The first-order chi connectivity index (χ1) is 15.9.